The first kappa shape index (κ1) is 11.1. The second-order valence-electron chi connectivity index (χ2n) is 3.51. The van der Waals surface area contributed by atoms with Crippen molar-refractivity contribution < 1.29 is 4.74 Å². The van der Waals surface area contributed by atoms with Crippen molar-refractivity contribution in [3.8, 4) is 0 Å². The smallest absolute Gasteiger partial charge is 0.188 e. The molecule has 14 heavy (non-hydrogen) atoms. The second-order valence-corrected chi connectivity index (χ2v) is 3.51. The van der Waals surface area contributed by atoms with Gasteiger partial charge in [0.2, 0.25) is 0 Å². The number of aromatic amines is 1. The van der Waals surface area contributed by atoms with Crippen LogP contribution >= 0.6 is 0 Å². The van der Waals surface area contributed by atoms with Crippen LogP contribution in [0.5, 0.6) is 0 Å². The van der Waals surface area contributed by atoms with E-state index in [2.05, 4.69) is 39.8 Å². The van der Waals surface area contributed by atoms with E-state index in [9.17, 15) is 0 Å². The van der Waals surface area contributed by atoms with Crippen molar-refractivity contribution in [1.82, 2.24) is 25.9 Å². The molecule has 80 valence electrons. The maximum absolute atomic E-state index is 5.11. The molecular weight excluding hydrogens is 182 g/mol. The minimum absolute atomic E-state index is 0.318. The summed E-state index contributed by atoms with van der Waals surface area (Å²) in [4.78, 5) is 0. The van der Waals surface area contributed by atoms with Crippen LogP contribution in [0.3, 0.4) is 0 Å². The van der Waals surface area contributed by atoms with Crippen molar-refractivity contribution in [2.75, 3.05) is 13.7 Å². The topological polar surface area (TPSA) is 75.7 Å². The predicted molar refractivity (Wildman–Crippen MR) is 51.5 cm³/mol. The van der Waals surface area contributed by atoms with E-state index in [4.69, 9.17) is 4.74 Å². The van der Waals surface area contributed by atoms with Crippen molar-refractivity contribution in [3.63, 3.8) is 0 Å². The van der Waals surface area contributed by atoms with Gasteiger partial charge in [0, 0.05) is 13.2 Å². The van der Waals surface area contributed by atoms with Crippen LogP contribution in [-0.2, 0) is 11.3 Å². The maximum Gasteiger partial charge on any atom is 0.188 e. The molecule has 0 spiro atoms. The van der Waals surface area contributed by atoms with Crippen molar-refractivity contribution in [1.29, 1.82) is 0 Å². The average molecular weight is 199 g/mol. The minimum Gasteiger partial charge on any atom is -0.383 e. The number of hydrogen-bond donors (Lipinski definition) is 2. The Morgan fingerprint density at radius 1 is 1.50 bits per heavy atom. The van der Waals surface area contributed by atoms with Crippen LogP contribution in [0.2, 0.25) is 0 Å². The molecule has 0 bridgehead atoms. The van der Waals surface area contributed by atoms with Crippen LogP contribution in [0, 0.1) is 5.92 Å². The van der Waals surface area contributed by atoms with Crippen LogP contribution in [0.15, 0.2) is 0 Å². The number of H-pyrrole nitrogens is 1. The number of methoxy groups -OCH3 is 1. The summed E-state index contributed by atoms with van der Waals surface area (Å²) in [6.45, 7) is 5.60. The van der Waals surface area contributed by atoms with Gasteiger partial charge >= 0.3 is 0 Å². The molecule has 2 N–H and O–H groups in total. The molecule has 1 heterocycles. The zero-order valence-electron chi connectivity index (χ0n) is 8.82. The van der Waals surface area contributed by atoms with E-state index in [0.29, 0.717) is 30.9 Å². The van der Waals surface area contributed by atoms with E-state index in [0.717, 1.165) is 0 Å². The third-order valence-corrected chi connectivity index (χ3v) is 2.06. The van der Waals surface area contributed by atoms with E-state index in [-0.39, 0.29) is 0 Å². The third-order valence-electron chi connectivity index (χ3n) is 2.06. The summed E-state index contributed by atoms with van der Waals surface area (Å²) in [6.07, 6.45) is 0. The lowest BCUT2D eigenvalue weighted by Crippen LogP contribution is -2.37. The zero-order valence-corrected chi connectivity index (χ0v) is 8.82. The van der Waals surface area contributed by atoms with Gasteiger partial charge in [0.1, 0.15) is 0 Å². The highest BCUT2D eigenvalue weighted by molar-refractivity contribution is 4.78. The Hall–Kier alpha value is -1.01. The van der Waals surface area contributed by atoms with E-state index < -0.39 is 0 Å². The van der Waals surface area contributed by atoms with Gasteiger partial charge in [-0.1, -0.05) is 19.1 Å². The quantitative estimate of drug-likeness (QED) is 0.672. The molecule has 0 saturated carbocycles. The summed E-state index contributed by atoms with van der Waals surface area (Å²) in [6, 6.07) is 0.318. The Morgan fingerprint density at radius 3 is 2.79 bits per heavy atom. The molecule has 0 aliphatic rings. The first-order valence-corrected chi connectivity index (χ1v) is 4.68. The van der Waals surface area contributed by atoms with Crippen molar-refractivity contribution >= 4 is 0 Å². The van der Waals surface area contributed by atoms with Gasteiger partial charge in [0.25, 0.3) is 0 Å². The standard InChI is InChI=1S/C8H17N5O/c1-6(2)7(5-14-3)9-4-8-10-12-13-11-8/h6-7,9H,4-5H2,1-3H3,(H,10,11,12,13). The van der Waals surface area contributed by atoms with E-state index >= 15 is 0 Å². The number of nitrogens with one attached hydrogen (secondary N) is 2. The summed E-state index contributed by atoms with van der Waals surface area (Å²) in [5, 5.41) is 16.9. The summed E-state index contributed by atoms with van der Waals surface area (Å²) in [7, 11) is 1.70. The molecule has 1 aromatic heterocycles. The first-order chi connectivity index (χ1) is 6.74. The van der Waals surface area contributed by atoms with Gasteiger partial charge in [-0.15, -0.1) is 10.2 Å². The Kier molecular flexibility index (Phi) is 4.48. The number of aromatic nitrogens is 4. The monoisotopic (exact) mass is 199 g/mol. The molecule has 0 fully saturated rings. The molecule has 1 aromatic rings. The van der Waals surface area contributed by atoms with Crippen molar-refractivity contribution in [2.24, 2.45) is 5.92 Å². The van der Waals surface area contributed by atoms with Gasteiger partial charge in [-0.25, -0.2) is 0 Å². The van der Waals surface area contributed by atoms with Crippen LogP contribution in [0.25, 0.3) is 0 Å². The van der Waals surface area contributed by atoms with Crippen LogP contribution in [0.1, 0.15) is 19.7 Å². The molecule has 0 amide bonds. The largest absolute Gasteiger partial charge is 0.383 e. The average Bonchev–Trinajstić information content (AvgIpc) is 2.64. The Balaban J connectivity index is 2.33. The number of rotatable bonds is 6. The van der Waals surface area contributed by atoms with Crippen LogP contribution in [0.4, 0.5) is 0 Å². The molecule has 6 nitrogen and oxygen atoms in total. The molecule has 0 saturated heterocycles. The van der Waals surface area contributed by atoms with Gasteiger partial charge in [-0.3, -0.25) is 0 Å². The van der Waals surface area contributed by atoms with Crippen LogP contribution in [-0.4, -0.2) is 40.4 Å². The lowest BCUT2D eigenvalue weighted by atomic mass is 10.1. The predicted octanol–water partition coefficient (Wildman–Crippen LogP) is -0.0397. The highest BCUT2D eigenvalue weighted by atomic mass is 16.5. The molecular formula is C8H17N5O. The molecule has 6 heteroatoms. The summed E-state index contributed by atoms with van der Waals surface area (Å²) in [5.41, 5.74) is 0. The lowest BCUT2D eigenvalue weighted by Gasteiger charge is -2.20. The third kappa shape index (κ3) is 3.39. The molecule has 1 atom stereocenters. The van der Waals surface area contributed by atoms with Crippen molar-refractivity contribution in [3.05, 3.63) is 5.82 Å². The molecule has 1 rings (SSSR count). The molecule has 1 unspecified atom stereocenters. The zero-order chi connectivity index (χ0) is 10.4. The number of hydrogen-bond acceptors (Lipinski definition) is 5. The fourth-order valence-electron chi connectivity index (χ4n) is 1.15. The highest BCUT2D eigenvalue weighted by Gasteiger charge is 2.12. The minimum atomic E-state index is 0.318. The van der Waals surface area contributed by atoms with Crippen LogP contribution < -0.4 is 5.32 Å². The fourth-order valence-corrected chi connectivity index (χ4v) is 1.15. The van der Waals surface area contributed by atoms with Gasteiger partial charge in [0.15, 0.2) is 5.82 Å². The summed E-state index contributed by atoms with van der Waals surface area (Å²) >= 11 is 0. The number of nitrogens with zero attached hydrogens (tertiary/aromatic N) is 3. The fraction of sp³-hybridized carbons (Fsp3) is 0.875. The Labute approximate surface area is 83.4 Å². The van der Waals surface area contributed by atoms with E-state index in [1.807, 2.05) is 0 Å². The molecule has 0 aliphatic carbocycles. The maximum atomic E-state index is 5.11. The van der Waals surface area contributed by atoms with Gasteiger partial charge in [-0.2, -0.15) is 5.21 Å². The van der Waals surface area contributed by atoms with Gasteiger partial charge in [0.05, 0.1) is 13.2 Å². The number of tetrazole rings is 1. The molecule has 0 aliphatic heterocycles. The second kappa shape index (κ2) is 5.66. The summed E-state index contributed by atoms with van der Waals surface area (Å²) in [5.74, 6) is 1.19. The Bertz CT molecular complexity index is 236. The van der Waals surface area contributed by atoms with E-state index in [1.54, 1.807) is 7.11 Å². The summed E-state index contributed by atoms with van der Waals surface area (Å²) < 4.78 is 5.11. The molecule has 0 aromatic carbocycles. The molecule has 0 radical (unpaired) electrons. The van der Waals surface area contributed by atoms with E-state index in [1.165, 1.54) is 0 Å². The van der Waals surface area contributed by atoms with Crippen molar-refractivity contribution in [2.45, 2.75) is 26.4 Å². The van der Waals surface area contributed by atoms with Gasteiger partial charge in [-0.05, 0) is 5.92 Å². The SMILES string of the molecule is COCC(NCc1nn[nH]n1)C(C)C. The van der Waals surface area contributed by atoms with Gasteiger partial charge < -0.3 is 10.1 Å². The number of ether oxygens (including phenoxy) is 1. The first-order valence-electron chi connectivity index (χ1n) is 4.68. The Morgan fingerprint density at radius 2 is 2.29 bits per heavy atom. The normalized spacial score (nSPS) is 13.4. The lowest BCUT2D eigenvalue weighted by molar-refractivity contribution is 0.146. The highest BCUT2D eigenvalue weighted by Crippen LogP contribution is 2.02.